The molecule has 0 saturated carbocycles. The molecule has 0 spiro atoms. The molecule has 0 heterocycles. The molecule has 0 saturated heterocycles. The molecular weight excluding hydrogens is 330 g/mol. The lowest BCUT2D eigenvalue weighted by atomic mass is 10.2. The number of halogens is 1. The smallest absolute Gasteiger partial charge is 0.338 e. The van der Waals surface area contributed by atoms with Gasteiger partial charge in [-0.15, -0.1) is 0 Å². The third-order valence-corrected chi connectivity index (χ3v) is 3.43. The molecule has 5 nitrogen and oxygen atoms in total. The lowest BCUT2D eigenvalue weighted by Crippen LogP contribution is -2.30. The number of anilines is 1. The normalized spacial score (nSPS) is 11.5. The second kappa shape index (κ2) is 8.36. The third-order valence-electron chi connectivity index (χ3n) is 3.18. The Bertz CT molecular complexity index is 715. The van der Waals surface area contributed by atoms with Crippen LogP contribution in [0.1, 0.15) is 24.2 Å². The zero-order chi connectivity index (χ0) is 17.5. The fourth-order valence-electron chi connectivity index (χ4n) is 1.95. The average Bonchev–Trinajstić information content (AvgIpc) is 2.57. The van der Waals surface area contributed by atoms with E-state index in [1.165, 1.54) is 6.92 Å². The van der Waals surface area contributed by atoms with Crippen LogP contribution in [0.2, 0.25) is 5.02 Å². The van der Waals surface area contributed by atoms with Crippen molar-refractivity contribution in [1.29, 1.82) is 0 Å². The maximum atomic E-state index is 12.2. The molecule has 126 valence electrons. The lowest BCUT2D eigenvalue weighted by Gasteiger charge is -2.15. The Morgan fingerprint density at radius 3 is 2.46 bits per heavy atom. The Hall–Kier alpha value is -2.53. The molecule has 1 N–H and O–H groups in total. The van der Waals surface area contributed by atoms with E-state index >= 15 is 0 Å². The van der Waals surface area contributed by atoms with Gasteiger partial charge in [0.1, 0.15) is 5.75 Å². The molecule has 1 atom stereocenters. The Kier molecular flexibility index (Phi) is 6.21. The summed E-state index contributed by atoms with van der Waals surface area (Å²) in [6.45, 7) is 3.84. The SMILES string of the molecule is CCOc1ccccc1NC(=O)C(C)OC(=O)c1ccc(Cl)cc1. The minimum absolute atomic E-state index is 0.328. The lowest BCUT2D eigenvalue weighted by molar-refractivity contribution is -0.123. The predicted octanol–water partition coefficient (Wildman–Crippen LogP) is 3.92. The first-order chi connectivity index (χ1) is 11.5. The quantitative estimate of drug-likeness (QED) is 0.804. The molecular formula is C18H18ClNO4. The molecule has 0 aromatic heterocycles. The van der Waals surface area contributed by atoms with E-state index in [1.54, 1.807) is 42.5 Å². The van der Waals surface area contributed by atoms with Gasteiger partial charge in [0.05, 0.1) is 17.9 Å². The summed E-state index contributed by atoms with van der Waals surface area (Å²) in [5.74, 6) is -0.471. The Morgan fingerprint density at radius 2 is 1.79 bits per heavy atom. The van der Waals surface area contributed by atoms with Crippen LogP contribution in [0.3, 0.4) is 0 Å². The standard InChI is InChI=1S/C18H18ClNO4/c1-3-23-16-7-5-4-6-15(16)20-17(21)12(2)24-18(22)13-8-10-14(19)11-9-13/h4-12H,3H2,1-2H3,(H,20,21). The molecule has 1 unspecified atom stereocenters. The molecule has 0 aliphatic rings. The molecule has 6 heteroatoms. The molecule has 24 heavy (non-hydrogen) atoms. The number of hydrogen-bond acceptors (Lipinski definition) is 4. The van der Waals surface area contributed by atoms with E-state index < -0.39 is 18.0 Å². The number of carbonyl (C=O) groups excluding carboxylic acids is 2. The van der Waals surface area contributed by atoms with Crippen LogP contribution >= 0.6 is 11.6 Å². The van der Waals surface area contributed by atoms with E-state index in [2.05, 4.69) is 5.32 Å². The van der Waals surface area contributed by atoms with Gasteiger partial charge in [-0.25, -0.2) is 4.79 Å². The van der Waals surface area contributed by atoms with Gasteiger partial charge < -0.3 is 14.8 Å². The minimum Gasteiger partial charge on any atom is -0.492 e. The Balaban J connectivity index is 1.99. The molecule has 0 aliphatic carbocycles. The highest BCUT2D eigenvalue weighted by Gasteiger charge is 2.20. The van der Waals surface area contributed by atoms with Gasteiger partial charge in [-0.05, 0) is 50.2 Å². The van der Waals surface area contributed by atoms with E-state index in [0.29, 0.717) is 28.6 Å². The van der Waals surface area contributed by atoms with E-state index in [0.717, 1.165) is 0 Å². The fraction of sp³-hybridized carbons (Fsp3) is 0.222. The van der Waals surface area contributed by atoms with Crippen LogP contribution in [0.5, 0.6) is 5.75 Å². The molecule has 1 amide bonds. The van der Waals surface area contributed by atoms with Crippen LogP contribution in [-0.4, -0.2) is 24.6 Å². The Morgan fingerprint density at radius 1 is 1.12 bits per heavy atom. The summed E-state index contributed by atoms with van der Waals surface area (Å²) in [6.07, 6.45) is -0.956. The van der Waals surface area contributed by atoms with Gasteiger partial charge in [-0.2, -0.15) is 0 Å². The van der Waals surface area contributed by atoms with Gasteiger partial charge in [-0.3, -0.25) is 4.79 Å². The van der Waals surface area contributed by atoms with Crippen LogP contribution in [-0.2, 0) is 9.53 Å². The van der Waals surface area contributed by atoms with Gasteiger partial charge in [0.15, 0.2) is 6.10 Å². The number of hydrogen-bond donors (Lipinski definition) is 1. The summed E-state index contributed by atoms with van der Waals surface area (Å²) in [4.78, 5) is 24.2. The number of rotatable bonds is 6. The average molecular weight is 348 g/mol. The van der Waals surface area contributed by atoms with E-state index in [9.17, 15) is 9.59 Å². The number of ether oxygens (including phenoxy) is 2. The highest BCUT2D eigenvalue weighted by Crippen LogP contribution is 2.24. The summed E-state index contributed by atoms with van der Waals surface area (Å²) in [5, 5.41) is 3.22. The van der Waals surface area contributed by atoms with Crippen LogP contribution < -0.4 is 10.1 Å². The number of benzene rings is 2. The number of carbonyl (C=O) groups is 2. The summed E-state index contributed by atoms with van der Waals surface area (Å²) in [6, 6.07) is 13.3. The van der Waals surface area contributed by atoms with Crippen molar-refractivity contribution in [2.75, 3.05) is 11.9 Å². The first-order valence-corrected chi connectivity index (χ1v) is 7.88. The van der Waals surface area contributed by atoms with Crippen molar-refractivity contribution >= 4 is 29.2 Å². The summed E-state index contributed by atoms with van der Waals surface area (Å²) in [5.41, 5.74) is 0.854. The van der Waals surface area contributed by atoms with Gasteiger partial charge in [-0.1, -0.05) is 23.7 Å². The maximum absolute atomic E-state index is 12.2. The monoisotopic (exact) mass is 347 g/mol. The molecule has 2 aromatic carbocycles. The number of amides is 1. The van der Waals surface area contributed by atoms with Crippen molar-refractivity contribution in [1.82, 2.24) is 0 Å². The predicted molar refractivity (Wildman–Crippen MR) is 92.6 cm³/mol. The second-order valence-corrected chi connectivity index (χ2v) is 5.41. The van der Waals surface area contributed by atoms with Crippen LogP contribution in [0.25, 0.3) is 0 Å². The molecule has 0 radical (unpaired) electrons. The van der Waals surface area contributed by atoms with Crippen molar-refractivity contribution in [3.63, 3.8) is 0 Å². The Labute approximate surface area is 145 Å². The molecule has 0 aliphatic heterocycles. The van der Waals surface area contributed by atoms with Gasteiger partial charge in [0, 0.05) is 5.02 Å². The zero-order valence-corrected chi connectivity index (χ0v) is 14.2. The highest BCUT2D eigenvalue weighted by atomic mass is 35.5. The third kappa shape index (κ3) is 4.73. The summed E-state index contributed by atoms with van der Waals surface area (Å²) in [7, 11) is 0. The van der Waals surface area contributed by atoms with Crippen LogP contribution in [0.15, 0.2) is 48.5 Å². The molecule has 2 rings (SSSR count). The summed E-state index contributed by atoms with van der Waals surface area (Å²) >= 11 is 5.78. The first kappa shape index (κ1) is 17.8. The molecule has 2 aromatic rings. The van der Waals surface area contributed by atoms with Crippen molar-refractivity contribution in [2.24, 2.45) is 0 Å². The van der Waals surface area contributed by atoms with E-state index in [1.807, 2.05) is 13.0 Å². The first-order valence-electron chi connectivity index (χ1n) is 7.50. The number of nitrogens with one attached hydrogen (secondary N) is 1. The number of para-hydroxylation sites is 2. The van der Waals surface area contributed by atoms with Crippen LogP contribution in [0, 0.1) is 0 Å². The fourth-order valence-corrected chi connectivity index (χ4v) is 2.08. The topological polar surface area (TPSA) is 64.6 Å². The summed E-state index contributed by atoms with van der Waals surface area (Å²) < 4.78 is 10.6. The van der Waals surface area contributed by atoms with E-state index in [-0.39, 0.29) is 0 Å². The van der Waals surface area contributed by atoms with Gasteiger partial charge >= 0.3 is 5.97 Å². The zero-order valence-electron chi connectivity index (χ0n) is 13.4. The van der Waals surface area contributed by atoms with Gasteiger partial charge in [0.25, 0.3) is 5.91 Å². The van der Waals surface area contributed by atoms with E-state index in [4.69, 9.17) is 21.1 Å². The minimum atomic E-state index is -0.956. The van der Waals surface area contributed by atoms with Crippen molar-refractivity contribution in [2.45, 2.75) is 20.0 Å². The largest absolute Gasteiger partial charge is 0.492 e. The van der Waals surface area contributed by atoms with Gasteiger partial charge in [0.2, 0.25) is 0 Å². The highest BCUT2D eigenvalue weighted by molar-refractivity contribution is 6.30. The maximum Gasteiger partial charge on any atom is 0.338 e. The van der Waals surface area contributed by atoms with Crippen molar-refractivity contribution in [3.05, 3.63) is 59.1 Å². The van der Waals surface area contributed by atoms with Crippen molar-refractivity contribution < 1.29 is 19.1 Å². The number of esters is 1. The second-order valence-electron chi connectivity index (χ2n) is 4.97. The van der Waals surface area contributed by atoms with Crippen molar-refractivity contribution in [3.8, 4) is 5.75 Å². The molecule has 0 fully saturated rings. The molecule has 0 bridgehead atoms. The van der Waals surface area contributed by atoms with Crippen LogP contribution in [0.4, 0.5) is 5.69 Å².